The summed E-state index contributed by atoms with van der Waals surface area (Å²) in [5.41, 5.74) is -0.851. The van der Waals surface area contributed by atoms with Gasteiger partial charge in [0.05, 0.1) is 18.1 Å². The lowest BCUT2D eigenvalue weighted by Crippen LogP contribution is -2.28. The molecule has 27 heavy (non-hydrogen) atoms. The quantitative estimate of drug-likeness (QED) is 0.707. The third-order valence-corrected chi connectivity index (χ3v) is 6.29. The second-order valence-electron chi connectivity index (χ2n) is 6.87. The van der Waals surface area contributed by atoms with Crippen LogP contribution in [0.5, 0.6) is 0 Å². The van der Waals surface area contributed by atoms with Crippen LogP contribution in [0.25, 0.3) is 0 Å². The lowest BCUT2D eigenvalue weighted by molar-refractivity contribution is -0.148. The average molecular weight is 400 g/mol. The molecule has 2 aliphatic rings. The molecule has 4 rings (SSSR count). The summed E-state index contributed by atoms with van der Waals surface area (Å²) in [6.07, 6.45) is 0.304. The monoisotopic (exact) mass is 399 g/mol. The fourth-order valence-corrected chi connectivity index (χ4v) is 5.11. The Labute approximate surface area is 166 Å². The van der Waals surface area contributed by atoms with Crippen LogP contribution in [0.3, 0.4) is 0 Å². The molecule has 1 saturated carbocycles. The number of halogens is 2. The Bertz CT molecular complexity index is 1030. The van der Waals surface area contributed by atoms with E-state index >= 15 is 0 Å². The Kier molecular flexibility index (Phi) is 4.06. The van der Waals surface area contributed by atoms with Crippen LogP contribution < -0.4 is 0 Å². The normalized spacial score (nSPS) is 27.9. The fraction of sp³-hybridized carbons (Fsp3) is 0.286. The van der Waals surface area contributed by atoms with Crippen molar-refractivity contribution >= 4 is 35.0 Å². The van der Waals surface area contributed by atoms with Gasteiger partial charge in [-0.1, -0.05) is 53.5 Å². The number of hydrogen-bond donors (Lipinski definition) is 0. The number of esters is 1. The predicted octanol–water partition coefficient (Wildman–Crippen LogP) is 4.59. The third-order valence-electron chi connectivity index (χ3n) is 5.73. The second-order valence-corrected chi connectivity index (χ2v) is 7.72. The summed E-state index contributed by atoms with van der Waals surface area (Å²) in [5, 5.41) is 10.9. The van der Waals surface area contributed by atoms with E-state index in [9.17, 15) is 14.9 Å². The highest BCUT2D eigenvalue weighted by atomic mass is 35.5. The van der Waals surface area contributed by atoms with Crippen molar-refractivity contribution in [3.63, 3.8) is 0 Å². The highest BCUT2D eigenvalue weighted by Gasteiger charge is 2.87. The summed E-state index contributed by atoms with van der Waals surface area (Å²) in [6.45, 7) is 1.80. The summed E-state index contributed by atoms with van der Waals surface area (Å²) >= 11 is 12.4. The summed E-state index contributed by atoms with van der Waals surface area (Å²) < 4.78 is 5.23. The van der Waals surface area contributed by atoms with Gasteiger partial charge in [-0.25, -0.2) is 0 Å². The third kappa shape index (κ3) is 2.16. The van der Waals surface area contributed by atoms with Crippen molar-refractivity contribution in [2.75, 3.05) is 6.61 Å². The number of carbonyl (C=O) groups is 2. The topological polar surface area (TPSA) is 67.2 Å². The first-order valence-corrected chi connectivity index (χ1v) is 9.35. The average Bonchev–Trinajstić information content (AvgIpc) is 3.13. The van der Waals surface area contributed by atoms with E-state index in [0.29, 0.717) is 27.6 Å². The molecule has 3 atom stereocenters. The Morgan fingerprint density at radius 3 is 2.67 bits per heavy atom. The molecule has 6 heteroatoms. The number of carbonyl (C=O) groups excluding carboxylic acids is 2. The van der Waals surface area contributed by atoms with Crippen LogP contribution in [-0.4, -0.2) is 18.4 Å². The van der Waals surface area contributed by atoms with Crippen LogP contribution in [0.15, 0.2) is 42.5 Å². The molecule has 1 fully saturated rings. The molecule has 0 saturated heterocycles. The van der Waals surface area contributed by atoms with Gasteiger partial charge in [0.1, 0.15) is 0 Å². The Hall–Kier alpha value is -2.35. The zero-order valence-electron chi connectivity index (χ0n) is 14.5. The first-order valence-electron chi connectivity index (χ1n) is 8.60. The van der Waals surface area contributed by atoms with Crippen LogP contribution >= 0.6 is 23.2 Å². The summed E-state index contributed by atoms with van der Waals surface area (Å²) in [6, 6.07) is 14.2. The number of ether oxygens (including phenoxy) is 1. The van der Waals surface area contributed by atoms with Gasteiger partial charge in [-0.3, -0.25) is 9.59 Å². The van der Waals surface area contributed by atoms with Crippen molar-refractivity contribution in [1.82, 2.24) is 0 Å². The van der Waals surface area contributed by atoms with Gasteiger partial charge in [0.25, 0.3) is 0 Å². The van der Waals surface area contributed by atoms with Gasteiger partial charge in [0.2, 0.25) is 0 Å². The van der Waals surface area contributed by atoms with E-state index in [-0.39, 0.29) is 12.4 Å². The minimum atomic E-state index is -1.60. The molecule has 0 aliphatic heterocycles. The van der Waals surface area contributed by atoms with Crippen molar-refractivity contribution in [3.8, 4) is 6.07 Å². The number of hydrogen-bond acceptors (Lipinski definition) is 4. The van der Waals surface area contributed by atoms with E-state index in [4.69, 9.17) is 27.9 Å². The van der Waals surface area contributed by atoms with E-state index in [1.165, 1.54) is 0 Å². The number of benzene rings is 2. The predicted molar refractivity (Wildman–Crippen MR) is 101 cm³/mol. The minimum Gasteiger partial charge on any atom is -0.465 e. The summed E-state index contributed by atoms with van der Waals surface area (Å²) in [4.78, 5) is 26.3. The number of nitriles is 1. The maximum absolute atomic E-state index is 13.4. The lowest BCUT2D eigenvalue weighted by Gasteiger charge is -2.12. The maximum atomic E-state index is 13.4. The van der Waals surface area contributed by atoms with Crippen molar-refractivity contribution in [1.29, 1.82) is 5.26 Å². The summed E-state index contributed by atoms with van der Waals surface area (Å²) in [5.74, 6) is -1.56. The first kappa shape index (κ1) is 18.0. The molecule has 0 heterocycles. The van der Waals surface area contributed by atoms with Gasteiger partial charge < -0.3 is 4.74 Å². The molecular formula is C21H15Cl2NO3. The van der Waals surface area contributed by atoms with Gasteiger partial charge in [0, 0.05) is 21.5 Å². The fourth-order valence-electron chi connectivity index (χ4n) is 4.59. The zero-order chi connectivity index (χ0) is 19.4. The molecule has 2 aromatic rings. The molecule has 0 aromatic heterocycles. The molecule has 0 bridgehead atoms. The lowest BCUT2D eigenvalue weighted by atomic mass is 9.89. The Balaban J connectivity index is 1.93. The van der Waals surface area contributed by atoms with Gasteiger partial charge in [-0.05, 0) is 36.6 Å². The minimum absolute atomic E-state index is 0.126. The number of nitrogens with zero attached hydrogens (tertiary/aromatic N) is 1. The number of fused-ring (bicyclic) bond motifs is 1. The Morgan fingerprint density at radius 2 is 2.04 bits per heavy atom. The van der Waals surface area contributed by atoms with E-state index in [2.05, 4.69) is 6.07 Å². The van der Waals surface area contributed by atoms with E-state index < -0.39 is 22.7 Å². The van der Waals surface area contributed by atoms with Crippen LogP contribution in [0, 0.1) is 22.2 Å². The van der Waals surface area contributed by atoms with Crippen molar-refractivity contribution < 1.29 is 14.3 Å². The number of Topliss-reactive ketones (excluding diaryl/α,β-unsaturated/α-hetero) is 1. The maximum Gasteiger partial charge on any atom is 0.328 e. The second kappa shape index (κ2) is 6.09. The van der Waals surface area contributed by atoms with E-state index in [1.807, 2.05) is 12.1 Å². The van der Waals surface area contributed by atoms with Gasteiger partial charge in [-0.2, -0.15) is 5.26 Å². The molecule has 0 radical (unpaired) electrons. The highest BCUT2D eigenvalue weighted by Crippen LogP contribution is 2.79. The van der Waals surface area contributed by atoms with Gasteiger partial charge in [0.15, 0.2) is 11.2 Å². The van der Waals surface area contributed by atoms with E-state index in [1.54, 1.807) is 37.3 Å². The molecule has 0 N–H and O–H groups in total. The molecule has 2 aromatic carbocycles. The molecule has 136 valence electrons. The van der Waals surface area contributed by atoms with Crippen LogP contribution in [0.4, 0.5) is 0 Å². The van der Waals surface area contributed by atoms with Crippen molar-refractivity contribution in [2.24, 2.45) is 10.8 Å². The van der Waals surface area contributed by atoms with Gasteiger partial charge >= 0.3 is 5.97 Å². The highest BCUT2D eigenvalue weighted by molar-refractivity contribution is 6.35. The molecule has 1 spiro atoms. The molecule has 0 amide bonds. The van der Waals surface area contributed by atoms with Crippen molar-refractivity contribution in [2.45, 2.75) is 19.3 Å². The smallest absolute Gasteiger partial charge is 0.328 e. The van der Waals surface area contributed by atoms with E-state index in [0.717, 1.165) is 5.56 Å². The molecule has 0 unspecified atom stereocenters. The zero-order valence-corrected chi connectivity index (χ0v) is 16.0. The number of ketones is 1. The summed E-state index contributed by atoms with van der Waals surface area (Å²) in [7, 11) is 0. The molecule has 4 nitrogen and oxygen atoms in total. The van der Waals surface area contributed by atoms with Crippen LogP contribution in [0.1, 0.15) is 34.3 Å². The first-order chi connectivity index (χ1) is 12.9. The molecular weight excluding hydrogens is 385 g/mol. The SMILES string of the molecule is CCOC(=O)[C@]1(C#N)[C@H](c2ccc(Cl)cc2Cl)[C@@]12Cc1ccccc1C2=O. The molecule has 2 aliphatic carbocycles. The Morgan fingerprint density at radius 1 is 1.30 bits per heavy atom. The largest absolute Gasteiger partial charge is 0.465 e. The van der Waals surface area contributed by atoms with Crippen LogP contribution in [0.2, 0.25) is 10.0 Å². The van der Waals surface area contributed by atoms with Crippen molar-refractivity contribution in [3.05, 3.63) is 69.2 Å². The van der Waals surface area contributed by atoms with Gasteiger partial charge in [-0.15, -0.1) is 0 Å². The standard InChI is InChI=1S/C21H15Cl2NO3/c1-2-27-19(26)21(11-24)17(15-8-7-13(22)9-16(15)23)20(21)10-12-5-3-4-6-14(12)18(20)25/h3-9,17H,2,10H2,1H3/t17-,20-,21+/m1/s1. The number of rotatable bonds is 3. The van der Waals surface area contributed by atoms with Crippen LogP contribution in [-0.2, 0) is 16.0 Å².